The first kappa shape index (κ1) is 9.22. The first-order chi connectivity index (χ1) is 4.81. The van der Waals surface area contributed by atoms with Crippen molar-refractivity contribution in [2.75, 3.05) is 6.61 Å². The van der Waals surface area contributed by atoms with Crippen LogP contribution in [0.25, 0.3) is 0 Å². The van der Waals surface area contributed by atoms with E-state index in [0.717, 1.165) is 6.08 Å². The summed E-state index contributed by atoms with van der Waals surface area (Å²) in [5.74, 6) is -0.468. The molecule has 3 nitrogen and oxygen atoms in total. The molecule has 0 N–H and O–H groups in total. The summed E-state index contributed by atoms with van der Waals surface area (Å²) in [6.07, 6.45) is 1.46. The van der Waals surface area contributed by atoms with Crippen LogP contribution in [0.15, 0.2) is 12.7 Å². The van der Waals surface area contributed by atoms with Crippen LogP contribution in [0.4, 0.5) is 0 Å². The van der Waals surface area contributed by atoms with E-state index in [4.69, 9.17) is 0 Å². The Kier molecular flexibility index (Phi) is 5.85. The van der Waals surface area contributed by atoms with Gasteiger partial charge in [0.15, 0.2) is 0 Å². The molecule has 0 radical (unpaired) electrons. The van der Waals surface area contributed by atoms with Crippen LogP contribution >= 0.6 is 7.92 Å². The molecule has 54 valence electrons. The molecule has 0 heterocycles. The van der Waals surface area contributed by atoms with Gasteiger partial charge in [-0.25, -0.2) is 0 Å². The van der Waals surface area contributed by atoms with E-state index in [9.17, 15) is 9.36 Å². The molecule has 0 amide bonds. The Morgan fingerprint density at radius 1 is 1.80 bits per heavy atom. The van der Waals surface area contributed by atoms with E-state index in [1.54, 1.807) is 0 Å². The molecule has 0 aliphatic heterocycles. The van der Waals surface area contributed by atoms with Crippen LogP contribution in [0.2, 0.25) is 0 Å². The fourth-order valence-corrected chi connectivity index (χ4v) is 0.484. The van der Waals surface area contributed by atoms with E-state index < -0.39 is 5.97 Å². The first-order valence-electron chi connectivity index (χ1n) is 2.65. The van der Waals surface area contributed by atoms with Gasteiger partial charge in [0.05, 0.1) is 0 Å². The third-order valence-electron chi connectivity index (χ3n) is 0.689. The number of carbonyl (C=O) groups is 1. The van der Waals surface area contributed by atoms with Crippen molar-refractivity contribution < 1.29 is 14.1 Å². The molecule has 0 fully saturated rings. The normalized spacial score (nSPS) is 7.60. The molecule has 0 spiro atoms. The number of carbonyl (C=O) groups excluding carboxylic acids is 1. The van der Waals surface area contributed by atoms with E-state index >= 15 is 0 Å². The molecule has 10 heavy (non-hydrogen) atoms. The molecule has 0 aromatic heterocycles. The fourth-order valence-electron chi connectivity index (χ4n) is 0.302. The van der Waals surface area contributed by atoms with Gasteiger partial charge in [0, 0.05) is 0 Å². The second kappa shape index (κ2) is 6.34. The predicted octanol–water partition coefficient (Wildman–Crippen LogP) is 1.36. The van der Waals surface area contributed by atoms with Gasteiger partial charge in [0.25, 0.3) is 0 Å². The molecule has 0 aliphatic carbocycles. The van der Waals surface area contributed by atoms with Gasteiger partial charge in [-0.1, -0.05) is 0 Å². The second-order valence-electron chi connectivity index (χ2n) is 1.37. The molecule has 0 rings (SSSR count). The van der Waals surface area contributed by atoms with Crippen molar-refractivity contribution in [1.29, 1.82) is 0 Å². The molecule has 0 saturated carbocycles. The number of esters is 1. The van der Waals surface area contributed by atoms with Gasteiger partial charge in [-0.05, 0) is 0 Å². The van der Waals surface area contributed by atoms with Crippen molar-refractivity contribution in [3.63, 3.8) is 0 Å². The fraction of sp³-hybridized carbons (Fsp3) is 0.333. The Hall–Kier alpha value is -0.780. The van der Waals surface area contributed by atoms with Crippen LogP contribution in [0.1, 0.15) is 6.42 Å². The van der Waals surface area contributed by atoms with Crippen molar-refractivity contribution in [2.24, 2.45) is 0 Å². The summed E-state index contributed by atoms with van der Waals surface area (Å²) < 4.78 is 14.3. The zero-order chi connectivity index (χ0) is 7.82. The first-order valence-corrected chi connectivity index (χ1v) is 3.47. The average Bonchev–Trinajstić information content (AvgIpc) is 1.98. The third-order valence-corrected chi connectivity index (χ3v) is 1.04. The molecule has 0 saturated heterocycles. The Morgan fingerprint density at radius 2 is 2.50 bits per heavy atom. The molecule has 4 heteroatoms. The number of hydrogen-bond acceptors (Lipinski definition) is 3. The number of rotatable bonds is 3. The Labute approximate surface area is 60.2 Å². The van der Waals surface area contributed by atoms with Gasteiger partial charge in [-0.15, -0.1) is 0 Å². The van der Waals surface area contributed by atoms with Gasteiger partial charge in [0.1, 0.15) is 0 Å². The summed E-state index contributed by atoms with van der Waals surface area (Å²) in [4.78, 5) is 10.3. The molecule has 0 aromatic carbocycles. The zero-order valence-electron chi connectivity index (χ0n) is 5.37. The van der Waals surface area contributed by atoms with E-state index in [1.807, 2.05) is 0 Å². The van der Waals surface area contributed by atoms with Crippen LogP contribution in [-0.2, 0) is 14.1 Å². The van der Waals surface area contributed by atoms with Crippen LogP contribution in [0.3, 0.4) is 0 Å². The quantitative estimate of drug-likeness (QED) is 0.269. The van der Waals surface area contributed by atoms with E-state index in [1.165, 1.54) is 0 Å². The molecule has 0 aliphatic rings. The molecule has 0 atom stereocenters. The van der Waals surface area contributed by atoms with Gasteiger partial charge in [0.2, 0.25) is 0 Å². The average molecular weight is 158 g/mol. The van der Waals surface area contributed by atoms with Crippen molar-refractivity contribution in [2.45, 2.75) is 6.42 Å². The van der Waals surface area contributed by atoms with Crippen LogP contribution < -0.4 is 0 Å². The standard InChI is InChI=1S/C6H7O3P/c1-2-6(7)9-4-3-5-10-8/h2H,1,3-4H2. The number of ether oxygens (including phenoxy) is 1. The minimum absolute atomic E-state index is 0.156. The van der Waals surface area contributed by atoms with Gasteiger partial charge >= 0.3 is 59.3 Å². The van der Waals surface area contributed by atoms with Crippen LogP contribution in [0.5, 0.6) is 0 Å². The summed E-state index contributed by atoms with van der Waals surface area (Å²) in [7, 11) is -0.156. The summed E-state index contributed by atoms with van der Waals surface area (Å²) >= 11 is 0. The van der Waals surface area contributed by atoms with Crippen molar-refractivity contribution in [3.8, 4) is 5.63 Å². The zero-order valence-corrected chi connectivity index (χ0v) is 6.27. The van der Waals surface area contributed by atoms with E-state index in [-0.39, 0.29) is 14.5 Å². The SMILES string of the molecule is C=CC(=O)OCCC#P=O. The maximum atomic E-state index is 10.3. The summed E-state index contributed by atoms with van der Waals surface area (Å²) in [5.41, 5.74) is 2.43. The van der Waals surface area contributed by atoms with Crippen molar-refractivity contribution >= 4 is 13.9 Å². The van der Waals surface area contributed by atoms with Crippen molar-refractivity contribution in [1.82, 2.24) is 0 Å². The molecule has 0 aromatic rings. The summed E-state index contributed by atoms with van der Waals surface area (Å²) in [5, 5.41) is 0. The van der Waals surface area contributed by atoms with Crippen molar-refractivity contribution in [3.05, 3.63) is 12.7 Å². The van der Waals surface area contributed by atoms with Crippen LogP contribution in [0, 0.1) is 5.63 Å². The van der Waals surface area contributed by atoms with E-state index in [0.29, 0.717) is 6.42 Å². The minimum atomic E-state index is -0.468. The Balaban J connectivity index is 3.33. The predicted molar refractivity (Wildman–Crippen MR) is 37.3 cm³/mol. The number of hydrogen-bond donors (Lipinski definition) is 0. The maximum absolute atomic E-state index is 10.3. The van der Waals surface area contributed by atoms with E-state index in [2.05, 4.69) is 16.9 Å². The molecule has 0 bridgehead atoms. The second-order valence-corrected chi connectivity index (χ2v) is 1.87. The Morgan fingerprint density at radius 3 is 3.00 bits per heavy atom. The van der Waals surface area contributed by atoms with Crippen LogP contribution in [-0.4, -0.2) is 12.6 Å². The molecular weight excluding hydrogens is 151 g/mol. The van der Waals surface area contributed by atoms with Gasteiger partial charge in [-0.2, -0.15) is 0 Å². The van der Waals surface area contributed by atoms with Gasteiger partial charge in [-0.3, -0.25) is 0 Å². The summed E-state index contributed by atoms with van der Waals surface area (Å²) in [6, 6.07) is 0. The Bertz CT molecular complexity index is 214. The topological polar surface area (TPSA) is 43.4 Å². The third kappa shape index (κ3) is 5.36. The molecule has 0 unspecified atom stereocenters. The molecular formula is C6H7O3P. The summed E-state index contributed by atoms with van der Waals surface area (Å²) in [6.45, 7) is 3.41. The van der Waals surface area contributed by atoms with Gasteiger partial charge < -0.3 is 0 Å². The monoisotopic (exact) mass is 158 g/mol.